The normalized spacial score (nSPS) is 15.2. The Morgan fingerprint density at radius 3 is 2.56 bits per heavy atom. The van der Waals surface area contributed by atoms with Crippen molar-refractivity contribution in [3.05, 3.63) is 18.2 Å². The molecule has 1 aliphatic heterocycles. The van der Waals surface area contributed by atoms with E-state index < -0.39 is 6.55 Å². The minimum Gasteiger partial charge on any atom is -0.450 e. The van der Waals surface area contributed by atoms with Crippen LogP contribution in [0.15, 0.2) is 17.4 Å². The lowest BCUT2D eigenvalue weighted by atomic mass is 10.3. The van der Waals surface area contributed by atoms with Crippen molar-refractivity contribution < 1.29 is 18.3 Å². The van der Waals surface area contributed by atoms with Crippen LogP contribution in [0.3, 0.4) is 0 Å². The molecule has 0 atom stereocenters. The molecule has 0 spiro atoms. The third kappa shape index (κ3) is 5.68. The van der Waals surface area contributed by atoms with Crippen molar-refractivity contribution >= 4 is 36.0 Å². The molecule has 1 amide bonds. The smallest absolute Gasteiger partial charge is 0.409 e. The Morgan fingerprint density at radius 2 is 2.00 bits per heavy atom. The van der Waals surface area contributed by atoms with Crippen LogP contribution < -0.4 is 5.32 Å². The standard InChI is InChI=1S/C14H22F2N6O2.HI/c1-3-24-14(23)21-8-6-20(7-9-21)13(17-2)19-10-11-18-4-5-22(11)12(15)16;/h4-5,12H,3,6-10H2,1-2H3,(H,17,19);1H. The van der Waals surface area contributed by atoms with Gasteiger partial charge in [-0.05, 0) is 6.92 Å². The molecule has 142 valence electrons. The predicted octanol–water partition coefficient (Wildman–Crippen LogP) is 1.75. The molecular weight excluding hydrogens is 449 g/mol. The molecule has 1 aromatic rings. The second-order valence-electron chi connectivity index (χ2n) is 5.10. The van der Waals surface area contributed by atoms with E-state index in [0.717, 1.165) is 4.57 Å². The Kier molecular flexibility index (Phi) is 8.86. The van der Waals surface area contributed by atoms with Gasteiger partial charge in [-0.1, -0.05) is 0 Å². The summed E-state index contributed by atoms with van der Waals surface area (Å²) in [6.07, 6.45) is 2.26. The number of alkyl halides is 2. The number of rotatable bonds is 4. The van der Waals surface area contributed by atoms with Crippen LogP contribution in [0.4, 0.5) is 13.6 Å². The summed E-state index contributed by atoms with van der Waals surface area (Å²) in [5.74, 6) is 0.818. The first-order valence-corrected chi connectivity index (χ1v) is 7.74. The van der Waals surface area contributed by atoms with Gasteiger partial charge in [-0.3, -0.25) is 9.56 Å². The number of ether oxygens (including phenoxy) is 1. The zero-order valence-electron chi connectivity index (χ0n) is 14.2. The van der Waals surface area contributed by atoms with Crippen LogP contribution in [0.2, 0.25) is 0 Å². The van der Waals surface area contributed by atoms with Crippen LogP contribution in [0.5, 0.6) is 0 Å². The summed E-state index contributed by atoms with van der Waals surface area (Å²) >= 11 is 0. The van der Waals surface area contributed by atoms with E-state index in [-0.39, 0.29) is 42.4 Å². The number of hydrogen-bond donors (Lipinski definition) is 1. The van der Waals surface area contributed by atoms with Crippen molar-refractivity contribution in [3.63, 3.8) is 0 Å². The molecule has 0 unspecified atom stereocenters. The van der Waals surface area contributed by atoms with Gasteiger partial charge in [0.15, 0.2) is 5.96 Å². The lowest BCUT2D eigenvalue weighted by molar-refractivity contribution is 0.0668. The molecule has 11 heteroatoms. The van der Waals surface area contributed by atoms with E-state index in [9.17, 15) is 13.6 Å². The lowest BCUT2D eigenvalue weighted by Crippen LogP contribution is -2.53. The molecule has 8 nitrogen and oxygen atoms in total. The fourth-order valence-corrected chi connectivity index (χ4v) is 2.46. The first-order chi connectivity index (χ1) is 11.6. The Bertz CT molecular complexity index is 575. The number of piperazine rings is 1. The summed E-state index contributed by atoms with van der Waals surface area (Å²) in [6.45, 7) is 1.84. The average molecular weight is 472 g/mol. The third-order valence-electron chi connectivity index (χ3n) is 3.68. The largest absolute Gasteiger partial charge is 0.450 e. The zero-order valence-corrected chi connectivity index (χ0v) is 16.5. The van der Waals surface area contributed by atoms with Gasteiger partial charge in [0.1, 0.15) is 5.82 Å². The van der Waals surface area contributed by atoms with E-state index >= 15 is 0 Å². The highest BCUT2D eigenvalue weighted by molar-refractivity contribution is 14.0. The van der Waals surface area contributed by atoms with Gasteiger partial charge >= 0.3 is 12.6 Å². The summed E-state index contributed by atoms with van der Waals surface area (Å²) in [6, 6.07) is 0. The molecule has 0 bridgehead atoms. The first-order valence-electron chi connectivity index (χ1n) is 7.74. The summed E-state index contributed by atoms with van der Waals surface area (Å²) in [5.41, 5.74) is 0. The van der Waals surface area contributed by atoms with Gasteiger partial charge in [0.25, 0.3) is 0 Å². The van der Waals surface area contributed by atoms with Gasteiger partial charge in [0.05, 0.1) is 13.2 Å². The van der Waals surface area contributed by atoms with Crippen LogP contribution in [0.25, 0.3) is 0 Å². The van der Waals surface area contributed by atoms with Crippen LogP contribution in [0, 0.1) is 0 Å². The highest BCUT2D eigenvalue weighted by atomic mass is 127. The summed E-state index contributed by atoms with van der Waals surface area (Å²) < 4.78 is 31.4. The molecule has 2 heterocycles. The van der Waals surface area contributed by atoms with Gasteiger partial charge in [-0.15, -0.1) is 24.0 Å². The van der Waals surface area contributed by atoms with Crippen molar-refractivity contribution in [1.82, 2.24) is 24.7 Å². The predicted molar refractivity (Wildman–Crippen MR) is 99.3 cm³/mol. The highest BCUT2D eigenvalue weighted by Gasteiger charge is 2.24. The van der Waals surface area contributed by atoms with Crippen molar-refractivity contribution in [2.24, 2.45) is 4.99 Å². The molecule has 0 aliphatic carbocycles. The molecule has 1 fully saturated rings. The maximum Gasteiger partial charge on any atom is 0.409 e. The lowest BCUT2D eigenvalue weighted by Gasteiger charge is -2.35. The summed E-state index contributed by atoms with van der Waals surface area (Å²) in [7, 11) is 1.62. The molecule has 1 saturated heterocycles. The maximum atomic E-state index is 12.8. The van der Waals surface area contributed by atoms with E-state index in [1.54, 1.807) is 18.9 Å². The SMILES string of the molecule is CCOC(=O)N1CCN(C(=NC)NCc2nccn2C(F)F)CC1.I. The first kappa shape index (κ1) is 21.4. The maximum absolute atomic E-state index is 12.8. The van der Waals surface area contributed by atoms with Gasteiger partial charge < -0.3 is 19.9 Å². The molecule has 2 rings (SSSR count). The topological polar surface area (TPSA) is 75.0 Å². The zero-order chi connectivity index (χ0) is 17.5. The van der Waals surface area contributed by atoms with Crippen LogP contribution >= 0.6 is 24.0 Å². The fraction of sp³-hybridized carbons (Fsp3) is 0.643. The van der Waals surface area contributed by atoms with E-state index in [4.69, 9.17) is 4.74 Å². The molecule has 1 aromatic heterocycles. The second-order valence-corrected chi connectivity index (χ2v) is 5.10. The molecule has 0 radical (unpaired) electrons. The van der Waals surface area contributed by atoms with Gasteiger partial charge in [-0.2, -0.15) is 8.78 Å². The van der Waals surface area contributed by atoms with Crippen molar-refractivity contribution in [1.29, 1.82) is 0 Å². The second kappa shape index (κ2) is 10.4. The van der Waals surface area contributed by atoms with Crippen LogP contribution in [0.1, 0.15) is 19.3 Å². The van der Waals surface area contributed by atoms with E-state index in [0.29, 0.717) is 38.7 Å². The minimum absolute atomic E-state index is 0. The average Bonchev–Trinajstić information content (AvgIpc) is 3.05. The Hall–Kier alpha value is -1.66. The van der Waals surface area contributed by atoms with Crippen LogP contribution in [-0.4, -0.2) is 71.2 Å². The Labute approximate surface area is 162 Å². The van der Waals surface area contributed by atoms with Crippen molar-refractivity contribution in [3.8, 4) is 0 Å². The van der Waals surface area contributed by atoms with Crippen LogP contribution in [-0.2, 0) is 11.3 Å². The Balaban J connectivity index is 0.00000312. The summed E-state index contributed by atoms with van der Waals surface area (Å²) in [4.78, 5) is 23.4. The molecule has 0 aromatic carbocycles. The minimum atomic E-state index is -2.63. The fourth-order valence-electron chi connectivity index (χ4n) is 2.46. The number of aromatic nitrogens is 2. The van der Waals surface area contributed by atoms with Crippen molar-refractivity contribution in [2.75, 3.05) is 39.8 Å². The molecule has 0 saturated carbocycles. The number of carbonyl (C=O) groups excluding carboxylic acids is 1. The molecule has 1 aliphatic rings. The number of nitrogens with zero attached hydrogens (tertiary/aromatic N) is 5. The Morgan fingerprint density at radius 1 is 1.36 bits per heavy atom. The number of aliphatic imine (C=N–C) groups is 1. The quantitative estimate of drug-likeness (QED) is 0.411. The van der Waals surface area contributed by atoms with E-state index in [2.05, 4.69) is 15.3 Å². The number of imidazole rings is 1. The molecule has 1 N–H and O–H groups in total. The number of nitrogens with one attached hydrogen (secondary N) is 1. The molecular formula is C14H23F2IN6O2. The summed E-state index contributed by atoms with van der Waals surface area (Å²) in [5, 5.41) is 3.03. The monoisotopic (exact) mass is 472 g/mol. The number of hydrogen-bond acceptors (Lipinski definition) is 4. The van der Waals surface area contributed by atoms with Gasteiger partial charge in [0, 0.05) is 45.6 Å². The number of carbonyl (C=O) groups is 1. The third-order valence-corrected chi connectivity index (χ3v) is 3.68. The highest BCUT2D eigenvalue weighted by Crippen LogP contribution is 2.12. The van der Waals surface area contributed by atoms with Gasteiger partial charge in [-0.25, -0.2) is 9.78 Å². The van der Waals surface area contributed by atoms with Gasteiger partial charge in [0.2, 0.25) is 0 Å². The van der Waals surface area contributed by atoms with Crippen molar-refractivity contribution in [2.45, 2.75) is 20.0 Å². The molecule has 25 heavy (non-hydrogen) atoms. The van der Waals surface area contributed by atoms with E-state index in [1.807, 2.05) is 4.90 Å². The number of guanidine groups is 1. The van der Waals surface area contributed by atoms with E-state index in [1.165, 1.54) is 12.4 Å². The number of halogens is 3. The number of amides is 1.